The van der Waals surface area contributed by atoms with E-state index < -0.39 is 0 Å². The summed E-state index contributed by atoms with van der Waals surface area (Å²) in [6.07, 6.45) is 7.74. The second-order valence-electron chi connectivity index (χ2n) is 6.72. The Balaban J connectivity index is 1.32. The molecule has 2 aromatic heterocycles. The van der Waals surface area contributed by atoms with E-state index in [1.54, 1.807) is 0 Å². The molecule has 134 valence electrons. The molecule has 0 spiro atoms. The number of rotatable bonds is 5. The Labute approximate surface area is 154 Å². The molecule has 6 heteroatoms. The molecule has 3 aromatic rings. The third-order valence-corrected chi connectivity index (χ3v) is 4.98. The first-order valence-corrected chi connectivity index (χ1v) is 9.12. The van der Waals surface area contributed by atoms with E-state index in [1.165, 1.54) is 5.56 Å². The lowest BCUT2D eigenvalue weighted by Crippen LogP contribution is -2.46. The fraction of sp³-hybridized carbons (Fsp3) is 0.350. The third kappa shape index (κ3) is 3.81. The van der Waals surface area contributed by atoms with Gasteiger partial charge in [0, 0.05) is 56.9 Å². The highest BCUT2D eigenvalue weighted by atomic mass is 15.3. The molecular formula is C20H24N6. The van der Waals surface area contributed by atoms with Gasteiger partial charge in [0.15, 0.2) is 0 Å². The summed E-state index contributed by atoms with van der Waals surface area (Å²) in [5.74, 6) is 0.907. The highest BCUT2D eigenvalue weighted by molar-refractivity contribution is 5.30. The van der Waals surface area contributed by atoms with Gasteiger partial charge >= 0.3 is 0 Å². The summed E-state index contributed by atoms with van der Waals surface area (Å²) >= 11 is 0. The molecule has 0 aliphatic carbocycles. The van der Waals surface area contributed by atoms with Gasteiger partial charge in [0.1, 0.15) is 5.82 Å². The van der Waals surface area contributed by atoms with Gasteiger partial charge in [0.05, 0.1) is 17.9 Å². The van der Waals surface area contributed by atoms with Crippen LogP contribution in [-0.4, -0.2) is 55.7 Å². The highest BCUT2D eigenvalue weighted by Gasteiger charge is 2.23. The Kier molecular flexibility index (Phi) is 5.04. The predicted octanol–water partition coefficient (Wildman–Crippen LogP) is 2.54. The molecule has 1 saturated heterocycles. The van der Waals surface area contributed by atoms with Crippen LogP contribution in [-0.2, 0) is 6.54 Å². The molecular weight excluding hydrogens is 324 g/mol. The standard InChI is InChI=1S/C20H24N6/c1-17(20-21-8-5-9-22-20)25-12-10-24(11-13-25)15-18-14-23-26(16-18)19-6-3-2-4-7-19/h2-9,14,16-17H,10-13,15H2,1H3. The van der Waals surface area contributed by atoms with Crippen LogP contribution in [0.15, 0.2) is 61.2 Å². The largest absolute Gasteiger partial charge is 0.296 e. The van der Waals surface area contributed by atoms with E-state index in [9.17, 15) is 0 Å². The predicted molar refractivity (Wildman–Crippen MR) is 101 cm³/mol. The zero-order valence-corrected chi connectivity index (χ0v) is 15.1. The fourth-order valence-electron chi connectivity index (χ4n) is 3.42. The first-order chi connectivity index (χ1) is 12.8. The molecule has 1 aliphatic rings. The monoisotopic (exact) mass is 348 g/mol. The summed E-state index contributed by atoms with van der Waals surface area (Å²) in [5, 5.41) is 4.50. The molecule has 1 unspecified atom stereocenters. The van der Waals surface area contributed by atoms with E-state index in [4.69, 9.17) is 0 Å². The van der Waals surface area contributed by atoms with Gasteiger partial charge in [0.2, 0.25) is 0 Å². The number of hydrogen-bond acceptors (Lipinski definition) is 5. The molecule has 6 nitrogen and oxygen atoms in total. The van der Waals surface area contributed by atoms with Crippen LogP contribution in [0.2, 0.25) is 0 Å². The van der Waals surface area contributed by atoms with E-state index in [0.29, 0.717) is 0 Å². The van der Waals surface area contributed by atoms with Crippen LogP contribution in [0.25, 0.3) is 5.69 Å². The fourth-order valence-corrected chi connectivity index (χ4v) is 3.42. The van der Waals surface area contributed by atoms with Crippen molar-refractivity contribution in [2.45, 2.75) is 19.5 Å². The maximum Gasteiger partial charge on any atom is 0.145 e. The minimum Gasteiger partial charge on any atom is -0.296 e. The van der Waals surface area contributed by atoms with Crippen molar-refractivity contribution >= 4 is 0 Å². The number of nitrogens with zero attached hydrogens (tertiary/aromatic N) is 6. The van der Waals surface area contributed by atoms with Gasteiger partial charge in [-0.25, -0.2) is 14.6 Å². The molecule has 1 aromatic carbocycles. The van der Waals surface area contributed by atoms with Gasteiger partial charge in [-0.3, -0.25) is 9.80 Å². The van der Waals surface area contributed by atoms with E-state index >= 15 is 0 Å². The van der Waals surface area contributed by atoms with Gasteiger partial charge < -0.3 is 0 Å². The van der Waals surface area contributed by atoms with E-state index in [1.807, 2.05) is 47.5 Å². The lowest BCUT2D eigenvalue weighted by Gasteiger charge is -2.37. The van der Waals surface area contributed by atoms with Crippen LogP contribution in [0.4, 0.5) is 0 Å². The Morgan fingerprint density at radius 2 is 1.69 bits per heavy atom. The van der Waals surface area contributed by atoms with Crippen LogP contribution in [0.5, 0.6) is 0 Å². The van der Waals surface area contributed by atoms with Gasteiger partial charge in [0.25, 0.3) is 0 Å². The summed E-state index contributed by atoms with van der Waals surface area (Å²) < 4.78 is 1.94. The van der Waals surface area contributed by atoms with Gasteiger partial charge in [-0.2, -0.15) is 5.10 Å². The average molecular weight is 348 g/mol. The molecule has 0 N–H and O–H groups in total. The maximum absolute atomic E-state index is 4.50. The Morgan fingerprint density at radius 1 is 0.962 bits per heavy atom. The molecule has 0 radical (unpaired) electrons. The van der Waals surface area contributed by atoms with Crippen molar-refractivity contribution in [3.8, 4) is 5.69 Å². The van der Waals surface area contributed by atoms with Crippen LogP contribution < -0.4 is 0 Å². The lowest BCUT2D eigenvalue weighted by atomic mass is 10.2. The second-order valence-corrected chi connectivity index (χ2v) is 6.72. The second kappa shape index (κ2) is 7.76. The van der Waals surface area contributed by atoms with Crippen molar-refractivity contribution in [1.82, 2.24) is 29.5 Å². The summed E-state index contributed by atoms with van der Waals surface area (Å²) in [6, 6.07) is 12.4. The Morgan fingerprint density at radius 3 is 2.42 bits per heavy atom. The quantitative estimate of drug-likeness (QED) is 0.709. The molecule has 1 fully saturated rings. The summed E-state index contributed by atoms with van der Waals surface area (Å²) in [6.45, 7) is 7.30. The minimum absolute atomic E-state index is 0.263. The summed E-state index contributed by atoms with van der Waals surface area (Å²) in [5.41, 5.74) is 2.35. The van der Waals surface area contributed by atoms with Crippen molar-refractivity contribution < 1.29 is 0 Å². The first kappa shape index (κ1) is 16.9. The van der Waals surface area contributed by atoms with Crippen LogP contribution in [0.3, 0.4) is 0 Å². The molecule has 4 rings (SSSR count). The highest BCUT2D eigenvalue weighted by Crippen LogP contribution is 2.19. The zero-order valence-electron chi connectivity index (χ0n) is 15.1. The summed E-state index contributed by atoms with van der Waals surface area (Å²) in [4.78, 5) is 13.7. The van der Waals surface area contributed by atoms with Gasteiger partial charge in [-0.15, -0.1) is 0 Å². The topological polar surface area (TPSA) is 50.1 Å². The number of hydrogen-bond donors (Lipinski definition) is 0. The molecule has 1 atom stereocenters. The molecule has 0 amide bonds. The van der Waals surface area contributed by atoms with Crippen molar-refractivity contribution in [3.05, 3.63) is 72.6 Å². The Hall–Kier alpha value is -2.57. The molecule has 0 bridgehead atoms. The average Bonchev–Trinajstić information content (AvgIpc) is 3.18. The number of benzene rings is 1. The van der Waals surface area contributed by atoms with E-state index in [-0.39, 0.29) is 6.04 Å². The van der Waals surface area contributed by atoms with Crippen molar-refractivity contribution in [2.75, 3.05) is 26.2 Å². The minimum atomic E-state index is 0.263. The van der Waals surface area contributed by atoms with E-state index in [2.05, 4.69) is 50.1 Å². The molecule has 3 heterocycles. The SMILES string of the molecule is CC(c1ncccn1)N1CCN(Cc2cnn(-c3ccccc3)c2)CC1. The lowest BCUT2D eigenvalue weighted by molar-refractivity contribution is 0.0947. The van der Waals surface area contributed by atoms with Gasteiger partial charge in [-0.1, -0.05) is 18.2 Å². The number of piperazine rings is 1. The van der Waals surface area contributed by atoms with Crippen molar-refractivity contribution in [1.29, 1.82) is 0 Å². The molecule has 26 heavy (non-hydrogen) atoms. The maximum atomic E-state index is 4.50. The van der Waals surface area contributed by atoms with Crippen LogP contribution in [0.1, 0.15) is 24.4 Å². The molecule has 0 saturated carbocycles. The van der Waals surface area contributed by atoms with Crippen molar-refractivity contribution in [2.24, 2.45) is 0 Å². The normalized spacial score (nSPS) is 17.3. The number of para-hydroxylation sites is 1. The van der Waals surface area contributed by atoms with Crippen LogP contribution in [0, 0.1) is 0 Å². The zero-order chi connectivity index (χ0) is 17.8. The van der Waals surface area contributed by atoms with Crippen molar-refractivity contribution in [3.63, 3.8) is 0 Å². The molecule has 1 aliphatic heterocycles. The third-order valence-electron chi connectivity index (χ3n) is 4.98. The number of aromatic nitrogens is 4. The van der Waals surface area contributed by atoms with E-state index in [0.717, 1.165) is 44.2 Å². The smallest absolute Gasteiger partial charge is 0.145 e. The summed E-state index contributed by atoms with van der Waals surface area (Å²) in [7, 11) is 0. The first-order valence-electron chi connectivity index (χ1n) is 9.12. The Bertz CT molecular complexity index is 809. The van der Waals surface area contributed by atoms with Gasteiger partial charge in [-0.05, 0) is 25.1 Å². The van der Waals surface area contributed by atoms with Crippen LogP contribution >= 0.6 is 0 Å².